The number of fused-ring (bicyclic) bond motifs is 1. The van der Waals surface area contributed by atoms with E-state index in [4.69, 9.17) is 0 Å². The van der Waals surface area contributed by atoms with Crippen molar-refractivity contribution < 1.29 is 4.79 Å². The number of carbonyl (C=O) groups excluding carboxylic acids is 1. The molecule has 29 heavy (non-hydrogen) atoms. The van der Waals surface area contributed by atoms with Gasteiger partial charge in [0.2, 0.25) is 5.91 Å². The third-order valence-electron chi connectivity index (χ3n) is 5.19. The van der Waals surface area contributed by atoms with Gasteiger partial charge in [-0.3, -0.25) is 14.2 Å². The van der Waals surface area contributed by atoms with Gasteiger partial charge in [-0.2, -0.15) is 0 Å². The zero-order chi connectivity index (χ0) is 21.1. The minimum Gasteiger partial charge on any atom is -0.352 e. The number of hydrogen-bond acceptors (Lipinski definition) is 3. The first-order chi connectivity index (χ1) is 13.8. The van der Waals surface area contributed by atoms with Crippen LogP contribution in [0, 0.1) is 0 Å². The number of benzene rings is 2. The van der Waals surface area contributed by atoms with E-state index in [0.29, 0.717) is 22.5 Å². The summed E-state index contributed by atoms with van der Waals surface area (Å²) in [6.45, 7) is 7.91. The number of para-hydroxylation sites is 1. The van der Waals surface area contributed by atoms with Gasteiger partial charge in [-0.05, 0) is 49.1 Å². The summed E-state index contributed by atoms with van der Waals surface area (Å²) in [6, 6.07) is 14.3. The summed E-state index contributed by atoms with van der Waals surface area (Å²) in [5.41, 5.74) is 1.16. The molecule has 1 amide bonds. The van der Waals surface area contributed by atoms with Crippen LogP contribution in [-0.4, -0.2) is 21.1 Å². The summed E-state index contributed by atoms with van der Waals surface area (Å²) in [5.74, 6) is 0.0882. The summed E-state index contributed by atoms with van der Waals surface area (Å²) < 4.78 is 2.51. The highest BCUT2D eigenvalue weighted by atomic mass is 16.2. The van der Waals surface area contributed by atoms with E-state index in [9.17, 15) is 14.4 Å². The number of rotatable bonds is 6. The Bertz CT molecular complexity index is 1140. The number of nitrogens with one attached hydrogen (secondary N) is 1. The number of aromatic nitrogens is 2. The molecule has 6 heteroatoms. The van der Waals surface area contributed by atoms with E-state index in [1.807, 2.05) is 26.0 Å². The molecule has 6 nitrogen and oxygen atoms in total. The molecule has 0 aliphatic carbocycles. The molecule has 3 aromatic rings. The Labute approximate surface area is 169 Å². The zero-order valence-electron chi connectivity index (χ0n) is 17.3. The predicted octanol–water partition coefficient (Wildman–Crippen LogP) is 3.19. The highest BCUT2D eigenvalue weighted by Gasteiger charge is 2.17. The van der Waals surface area contributed by atoms with E-state index < -0.39 is 5.69 Å². The van der Waals surface area contributed by atoms with Crippen molar-refractivity contribution in [2.45, 2.75) is 52.6 Å². The normalized spacial score (nSPS) is 12.3. The Morgan fingerprint density at radius 3 is 2.28 bits per heavy atom. The van der Waals surface area contributed by atoms with Gasteiger partial charge in [-0.25, -0.2) is 9.36 Å². The van der Waals surface area contributed by atoms with Crippen LogP contribution in [0.5, 0.6) is 0 Å². The Hall–Kier alpha value is -3.15. The molecule has 0 unspecified atom stereocenters. The molecule has 0 fully saturated rings. The minimum absolute atomic E-state index is 0.0129. The fourth-order valence-corrected chi connectivity index (χ4v) is 3.28. The predicted molar refractivity (Wildman–Crippen MR) is 116 cm³/mol. The van der Waals surface area contributed by atoms with Crippen molar-refractivity contribution >= 4 is 16.8 Å². The summed E-state index contributed by atoms with van der Waals surface area (Å²) in [4.78, 5) is 38.8. The highest BCUT2D eigenvalue weighted by Crippen LogP contribution is 2.16. The fraction of sp³-hybridized carbons (Fsp3) is 0.348. The maximum absolute atomic E-state index is 13.3. The second kappa shape index (κ2) is 8.47. The largest absolute Gasteiger partial charge is 0.352 e. The van der Waals surface area contributed by atoms with Gasteiger partial charge in [-0.15, -0.1) is 0 Å². The van der Waals surface area contributed by atoms with Gasteiger partial charge in [0.1, 0.15) is 6.54 Å². The smallest absolute Gasteiger partial charge is 0.336 e. The molecule has 2 aromatic carbocycles. The molecule has 3 rings (SSSR count). The molecule has 1 N–H and O–H groups in total. The van der Waals surface area contributed by atoms with E-state index >= 15 is 0 Å². The van der Waals surface area contributed by atoms with Crippen molar-refractivity contribution in [3.63, 3.8) is 0 Å². The number of carbonyl (C=O) groups is 1. The van der Waals surface area contributed by atoms with Gasteiger partial charge in [0, 0.05) is 6.04 Å². The summed E-state index contributed by atoms with van der Waals surface area (Å²) >= 11 is 0. The highest BCUT2D eigenvalue weighted by molar-refractivity contribution is 5.82. The Morgan fingerprint density at radius 1 is 1.00 bits per heavy atom. The van der Waals surface area contributed by atoms with Crippen molar-refractivity contribution in [2.75, 3.05) is 0 Å². The molecule has 1 heterocycles. The lowest BCUT2D eigenvalue weighted by Crippen LogP contribution is -2.43. The molecule has 1 atom stereocenters. The van der Waals surface area contributed by atoms with Crippen LogP contribution in [0.15, 0.2) is 58.1 Å². The summed E-state index contributed by atoms with van der Waals surface area (Å²) in [7, 11) is 0. The third kappa shape index (κ3) is 4.16. The van der Waals surface area contributed by atoms with Crippen LogP contribution in [0.25, 0.3) is 16.6 Å². The van der Waals surface area contributed by atoms with Gasteiger partial charge < -0.3 is 5.32 Å². The monoisotopic (exact) mass is 393 g/mol. The lowest BCUT2D eigenvalue weighted by molar-refractivity contribution is -0.122. The average molecular weight is 393 g/mol. The van der Waals surface area contributed by atoms with E-state index in [1.165, 1.54) is 4.57 Å². The average Bonchev–Trinajstić information content (AvgIpc) is 2.71. The molecular formula is C23H27N3O3. The van der Waals surface area contributed by atoms with Crippen LogP contribution < -0.4 is 16.6 Å². The van der Waals surface area contributed by atoms with Crippen molar-refractivity contribution in [3.05, 3.63) is 74.9 Å². The molecule has 0 saturated heterocycles. The number of nitrogens with zero attached hydrogens (tertiary/aromatic N) is 2. The van der Waals surface area contributed by atoms with Crippen LogP contribution >= 0.6 is 0 Å². The maximum Gasteiger partial charge on any atom is 0.336 e. The second-order valence-electron chi connectivity index (χ2n) is 7.65. The van der Waals surface area contributed by atoms with Crippen molar-refractivity contribution in [1.82, 2.24) is 14.5 Å². The molecule has 0 aliphatic heterocycles. The molecule has 0 saturated carbocycles. The summed E-state index contributed by atoms with van der Waals surface area (Å²) in [5, 5.41) is 3.28. The minimum atomic E-state index is -0.523. The van der Waals surface area contributed by atoms with Gasteiger partial charge in [0.25, 0.3) is 5.56 Å². The van der Waals surface area contributed by atoms with Gasteiger partial charge in [-0.1, -0.05) is 45.0 Å². The van der Waals surface area contributed by atoms with Crippen LogP contribution in [0.4, 0.5) is 0 Å². The second-order valence-corrected chi connectivity index (χ2v) is 7.65. The van der Waals surface area contributed by atoms with E-state index in [1.54, 1.807) is 36.4 Å². The number of hydrogen-bond donors (Lipinski definition) is 1. The molecule has 0 spiro atoms. The van der Waals surface area contributed by atoms with E-state index in [-0.39, 0.29) is 24.1 Å². The Kier molecular flexibility index (Phi) is 6.01. The first-order valence-electron chi connectivity index (χ1n) is 9.97. The molecule has 0 radical (unpaired) electrons. The Balaban J connectivity index is 2.17. The van der Waals surface area contributed by atoms with Gasteiger partial charge in [0.05, 0.1) is 16.6 Å². The van der Waals surface area contributed by atoms with Gasteiger partial charge in [0.15, 0.2) is 0 Å². The Morgan fingerprint density at radius 2 is 1.66 bits per heavy atom. The van der Waals surface area contributed by atoms with E-state index in [0.717, 1.165) is 16.6 Å². The first kappa shape index (κ1) is 20.6. The van der Waals surface area contributed by atoms with Crippen LogP contribution in [0.2, 0.25) is 0 Å². The molecule has 0 aliphatic rings. The van der Waals surface area contributed by atoms with Crippen LogP contribution in [0.1, 0.15) is 45.6 Å². The van der Waals surface area contributed by atoms with E-state index in [2.05, 4.69) is 19.2 Å². The molecule has 152 valence electrons. The first-order valence-corrected chi connectivity index (χ1v) is 9.97. The van der Waals surface area contributed by atoms with Crippen LogP contribution in [-0.2, 0) is 11.3 Å². The van der Waals surface area contributed by atoms with Gasteiger partial charge >= 0.3 is 5.69 Å². The van der Waals surface area contributed by atoms with Crippen molar-refractivity contribution in [3.8, 4) is 5.69 Å². The molecule has 0 bridgehead atoms. The maximum atomic E-state index is 13.3. The van der Waals surface area contributed by atoms with Crippen molar-refractivity contribution in [1.29, 1.82) is 0 Å². The van der Waals surface area contributed by atoms with Crippen LogP contribution in [0.3, 0.4) is 0 Å². The van der Waals surface area contributed by atoms with Crippen molar-refractivity contribution in [2.24, 2.45) is 0 Å². The zero-order valence-corrected chi connectivity index (χ0v) is 17.3. The molecular weight excluding hydrogens is 366 g/mol. The number of amides is 1. The topological polar surface area (TPSA) is 73.1 Å². The summed E-state index contributed by atoms with van der Waals surface area (Å²) in [6.07, 6.45) is 0.795. The fourth-order valence-electron chi connectivity index (χ4n) is 3.28. The molecule has 1 aromatic heterocycles. The SMILES string of the molecule is CC[C@@H](C)NC(=O)Cn1c(=O)n(-c2ccc(C(C)C)cc2)c(=O)c2ccccc21. The quantitative estimate of drug-likeness (QED) is 0.699. The lowest BCUT2D eigenvalue weighted by Gasteiger charge is -2.16. The third-order valence-corrected chi connectivity index (χ3v) is 5.19. The standard InChI is InChI=1S/C23H27N3O3/c1-5-16(4)24-21(27)14-25-20-9-7-6-8-19(20)22(28)26(23(25)29)18-12-10-17(11-13-18)15(2)3/h6-13,15-16H,5,14H2,1-4H3,(H,24,27)/t16-/m1/s1. The lowest BCUT2D eigenvalue weighted by atomic mass is 10.0.